The molecule has 0 spiro atoms. The van der Waals surface area contributed by atoms with Crippen molar-refractivity contribution in [2.45, 2.75) is 20.3 Å². The zero-order valence-electron chi connectivity index (χ0n) is 7.75. The molecule has 5 heteroatoms. The van der Waals surface area contributed by atoms with Crippen LogP contribution in [0.15, 0.2) is 0 Å². The zero-order chi connectivity index (χ0) is 8.69. The van der Waals surface area contributed by atoms with E-state index in [0.717, 1.165) is 0 Å². The Balaban J connectivity index is -0.000000500. The summed E-state index contributed by atoms with van der Waals surface area (Å²) in [6.07, 6.45) is -0.290. The molecule has 0 aliphatic heterocycles. The molecular weight excluding hydrogens is 171 g/mol. The van der Waals surface area contributed by atoms with Gasteiger partial charge in [0, 0.05) is 0 Å². The Hall–Kier alpha value is -0.0600. The summed E-state index contributed by atoms with van der Waals surface area (Å²) < 4.78 is 9.04. The average Bonchev–Trinajstić information content (AvgIpc) is 1.87. The third-order valence-electron chi connectivity index (χ3n) is 0.899. The number of hydrogen-bond acceptors (Lipinski definition) is 4. The van der Waals surface area contributed by atoms with E-state index in [1.807, 2.05) is 0 Å². The van der Waals surface area contributed by atoms with Crippen LogP contribution in [0.25, 0.3) is 0 Å². The summed E-state index contributed by atoms with van der Waals surface area (Å²) in [4.78, 5) is 21.2. The van der Waals surface area contributed by atoms with Crippen LogP contribution in [-0.2, 0) is 19.1 Å². The number of carbonyl (C=O) groups excluding carboxylic acids is 2. The summed E-state index contributed by atoms with van der Waals surface area (Å²) in [6, 6.07) is 0. The molecule has 0 aliphatic carbocycles. The number of ether oxygens (including phenoxy) is 2. The van der Waals surface area contributed by atoms with Crippen molar-refractivity contribution in [2.24, 2.45) is 0 Å². The van der Waals surface area contributed by atoms with Crippen LogP contribution in [0.3, 0.4) is 0 Å². The molecule has 12 heavy (non-hydrogen) atoms. The van der Waals surface area contributed by atoms with Gasteiger partial charge in [0.15, 0.2) is 0 Å². The summed E-state index contributed by atoms with van der Waals surface area (Å²) in [5.74, 6) is -1.07. The van der Waals surface area contributed by atoms with E-state index in [-0.39, 0.29) is 50.6 Å². The van der Waals surface area contributed by atoms with Crippen LogP contribution in [0.1, 0.15) is 21.7 Å². The van der Waals surface area contributed by atoms with Gasteiger partial charge in [-0.25, -0.2) is 0 Å². The molecule has 0 rings (SSSR count). The van der Waals surface area contributed by atoms with E-state index in [1.54, 1.807) is 13.8 Å². The second-order valence-corrected chi connectivity index (χ2v) is 1.79. The molecule has 0 aliphatic rings. The number of carbonyl (C=O) groups is 2. The van der Waals surface area contributed by atoms with Crippen molar-refractivity contribution < 1.29 is 20.5 Å². The molecule has 0 unspecified atom stereocenters. The fourth-order valence-electron chi connectivity index (χ4n) is 0.542. The van der Waals surface area contributed by atoms with Crippen molar-refractivity contribution in [1.82, 2.24) is 0 Å². The molecule has 0 aromatic carbocycles. The number of hydrogen-bond donors (Lipinski definition) is 0. The Labute approximate surface area is 95.4 Å². The molecule has 66 valence electrons. The second kappa shape index (κ2) is 9.03. The maximum atomic E-state index is 10.6. The van der Waals surface area contributed by atoms with Gasteiger partial charge in [-0.15, -0.1) is 0 Å². The van der Waals surface area contributed by atoms with E-state index in [4.69, 9.17) is 0 Å². The van der Waals surface area contributed by atoms with Crippen LogP contribution in [0.4, 0.5) is 0 Å². The van der Waals surface area contributed by atoms with Gasteiger partial charge in [-0.3, -0.25) is 9.59 Å². The summed E-state index contributed by atoms with van der Waals surface area (Å²) >= 11 is 0. The summed E-state index contributed by atoms with van der Waals surface area (Å²) in [5.41, 5.74) is 0. The minimum absolute atomic E-state index is 0. The van der Waals surface area contributed by atoms with Gasteiger partial charge in [-0.05, 0) is 13.8 Å². The molecule has 0 N–H and O–H groups in total. The fourth-order valence-corrected chi connectivity index (χ4v) is 0.542. The second-order valence-electron chi connectivity index (χ2n) is 1.79. The molecule has 0 amide bonds. The molecular formula is C7H14NaO4+. The summed E-state index contributed by atoms with van der Waals surface area (Å²) in [6.45, 7) is 3.95. The van der Waals surface area contributed by atoms with Crippen molar-refractivity contribution in [1.29, 1.82) is 0 Å². The van der Waals surface area contributed by atoms with Gasteiger partial charge in [0.2, 0.25) is 0 Å². The summed E-state index contributed by atoms with van der Waals surface area (Å²) in [7, 11) is 0. The first-order chi connectivity index (χ1) is 5.20. The molecule has 0 fully saturated rings. The molecule has 4 nitrogen and oxygen atoms in total. The molecule has 0 saturated heterocycles. The number of esters is 2. The first-order valence-corrected chi connectivity index (χ1v) is 3.52. The van der Waals surface area contributed by atoms with E-state index in [1.165, 1.54) is 0 Å². The molecule has 0 radical (unpaired) electrons. The fraction of sp³-hybridized carbons (Fsp3) is 0.714. The van der Waals surface area contributed by atoms with Gasteiger partial charge in [-0.1, -0.05) is 0 Å². The predicted molar refractivity (Wildman–Crippen MR) is 46.1 cm³/mol. The molecule has 0 aromatic heterocycles. The standard InChI is InChI=1S/C7H12O4.Na.H/c1-3-10-6(8)5-7(9)11-4-2;;/h3-5H2,1-2H3;;/p+1. The van der Waals surface area contributed by atoms with Crippen molar-refractivity contribution in [3.05, 3.63) is 0 Å². The van der Waals surface area contributed by atoms with E-state index in [9.17, 15) is 9.59 Å². The quantitative estimate of drug-likeness (QED) is 0.350. The molecule has 0 atom stereocenters. The molecule has 0 heterocycles. The van der Waals surface area contributed by atoms with Gasteiger partial charge in [0.1, 0.15) is 6.42 Å². The van der Waals surface area contributed by atoms with Gasteiger partial charge in [-0.2, -0.15) is 0 Å². The van der Waals surface area contributed by atoms with E-state index >= 15 is 0 Å². The predicted octanol–water partition coefficient (Wildman–Crippen LogP) is -0.0333. The van der Waals surface area contributed by atoms with Crippen molar-refractivity contribution in [3.8, 4) is 0 Å². The van der Waals surface area contributed by atoms with Crippen LogP contribution in [0, 0.1) is 0 Å². The zero-order valence-corrected chi connectivity index (χ0v) is 6.75. The van der Waals surface area contributed by atoms with Crippen LogP contribution < -0.4 is 0 Å². The normalized spacial score (nSPS) is 8.17. The Bertz CT molecular complexity index is 135. The van der Waals surface area contributed by atoms with Gasteiger partial charge in [0.25, 0.3) is 0 Å². The van der Waals surface area contributed by atoms with E-state index in [2.05, 4.69) is 9.47 Å². The maximum absolute atomic E-state index is 10.6. The van der Waals surface area contributed by atoms with E-state index < -0.39 is 11.9 Å². The Kier molecular flexibility index (Phi) is 10.9. The van der Waals surface area contributed by atoms with Gasteiger partial charge in [0.05, 0.1) is 13.2 Å². The third-order valence-corrected chi connectivity index (χ3v) is 0.899. The SMILES string of the molecule is CCOC(=O)CC(=O)OCC.[H+].[NaH]. The Morgan fingerprint density at radius 1 is 1.08 bits per heavy atom. The number of rotatable bonds is 4. The third kappa shape index (κ3) is 8.04. The Morgan fingerprint density at radius 3 is 1.67 bits per heavy atom. The minimum atomic E-state index is -0.536. The average molecular weight is 185 g/mol. The molecule has 0 aromatic rings. The van der Waals surface area contributed by atoms with Gasteiger partial charge < -0.3 is 9.47 Å². The van der Waals surface area contributed by atoms with Crippen LogP contribution in [0.2, 0.25) is 0 Å². The van der Waals surface area contributed by atoms with Crippen molar-refractivity contribution >= 4 is 41.5 Å². The van der Waals surface area contributed by atoms with Crippen LogP contribution in [-0.4, -0.2) is 54.7 Å². The van der Waals surface area contributed by atoms with Gasteiger partial charge >= 0.3 is 42.9 Å². The van der Waals surface area contributed by atoms with Crippen LogP contribution in [0.5, 0.6) is 0 Å². The molecule has 0 bridgehead atoms. The first-order valence-electron chi connectivity index (χ1n) is 3.52. The Morgan fingerprint density at radius 2 is 1.42 bits per heavy atom. The van der Waals surface area contributed by atoms with E-state index in [0.29, 0.717) is 0 Å². The topological polar surface area (TPSA) is 52.6 Å². The summed E-state index contributed by atoms with van der Waals surface area (Å²) in [5, 5.41) is 0. The van der Waals surface area contributed by atoms with Crippen molar-refractivity contribution in [2.75, 3.05) is 13.2 Å². The van der Waals surface area contributed by atoms with Crippen LogP contribution >= 0.6 is 0 Å². The monoisotopic (exact) mass is 185 g/mol. The van der Waals surface area contributed by atoms with Crippen molar-refractivity contribution in [3.63, 3.8) is 0 Å². The molecule has 0 saturated carbocycles. The first kappa shape index (κ1) is 14.5.